The van der Waals surface area contributed by atoms with Crippen molar-refractivity contribution >= 4 is 17.8 Å². The fourth-order valence-corrected chi connectivity index (χ4v) is 0.475. The number of rotatable bonds is 4. The van der Waals surface area contributed by atoms with Gasteiger partial charge in [-0.15, -0.1) is 0 Å². The molecule has 0 radical (unpaired) electrons. The molecule has 0 aliphatic rings. The number of methoxy groups -OCH3 is 1. The quantitative estimate of drug-likeness (QED) is 0.281. The molecular weight excluding hydrogens is 192 g/mol. The molecule has 0 aromatic carbocycles. The van der Waals surface area contributed by atoms with Crippen LogP contribution in [0, 0.1) is 0 Å². The molecule has 7 heteroatoms. The number of nitrogens with two attached hydrogens (primary N) is 1. The number of aliphatic carboxylic acids is 1. The molecule has 0 aliphatic carbocycles. The van der Waals surface area contributed by atoms with Crippen molar-refractivity contribution in [3.63, 3.8) is 0 Å². The molecule has 0 rings (SSSR count). The minimum atomic E-state index is -1.50. The van der Waals surface area contributed by atoms with Gasteiger partial charge in [-0.25, -0.2) is 9.59 Å². The summed E-state index contributed by atoms with van der Waals surface area (Å²) in [4.78, 5) is 31.5. The lowest BCUT2D eigenvalue weighted by molar-refractivity contribution is -0.141. The van der Waals surface area contributed by atoms with E-state index in [-0.39, 0.29) is 0 Å². The number of carboxylic acids is 1. The number of esters is 1. The molecular formula is C7H10N2O5. The summed E-state index contributed by atoms with van der Waals surface area (Å²) in [6.07, 6.45) is 0.184. The van der Waals surface area contributed by atoms with Crippen molar-refractivity contribution in [3.05, 3.63) is 12.2 Å². The third-order valence-corrected chi connectivity index (χ3v) is 1.14. The number of hydrogen-bond donors (Lipinski definition) is 3. The van der Waals surface area contributed by atoms with Crippen molar-refractivity contribution in [1.82, 2.24) is 5.32 Å². The van der Waals surface area contributed by atoms with Crippen LogP contribution in [0.3, 0.4) is 0 Å². The number of carboxylic acid groups (broad SMARTS) is 1. The maximum absolute atomic E-state index is 10.8. The lowest BCUT2D eigenvalue weighted by Gasteiger charge is -2.05. The summed E-state index contributed by atoms with van der Waals surface area (Å²) in [5, 5.41) is 10.2. The van der Waals surface area contributed by atoms with Gasteiger partial charge >= 0.3 is 11.9 Å². The molecule has 1 atom stereocenters. The Morgan fingerprint density at radius 3 is 2.43 bits per heavy atom. The van der Waals surface area contributed by atoms with Crippen molar-refractivity contribution in [2.75, 3.05) is 7.11 Å². The van der Waals surface area contributed by atoms with Crippen LogP contribution in [-0.4, -0.2) is 36.2 Å². The van der Waals surface area contributed by atoms with Crippen molar-refractivity contribution in [2.24, 2.45) is 5.73 Å². The van der Waals surface area contributed by atoms with Crippen molar-refractivity contribution in [1.29, 1.82) is 0 Å². The number of ether oxygens (including phenoxy) is 1. The molecule has 0 spiro atoms. The predicted octanol–water partition coefficient (Wildman–Crippen LogP) is -1.80. The van der Waals surface area contributed by atoms with Crippen LogP contribution < -0.4 is 11.1 Å². The minimum Gasteiger partial charge on any atom is -0.479 e. The number of carbonyl (C=O) groups is 3. The highest BCUT2D eigenvalue weighted by Crippen LogP contribution is 1.80. The van der Waals surface area contributed by atoms with E-state index in [4.69, 9.17) is 10.8 Å². The Morgan fingerprint density at radius 1 is 1.43 bits per heavy atom. The maximum atomic E-state index is 10.8. The lowest BCUT2D eigenvalue weighted by atomic mass is 10.4. The van der Waals surface area contributed by atoms with Gasteiger partial charge in [0.05, 0.1) is 7.11 Å². The molecule has 4 N–H and O–H groups in total. The number of nitrogens with one attached hydrogen (secondary N) is 1. The van der Waals surface area contributed by atoms with E-state index in [1.54, 1.807) is 0 Å². The molecule has 1 amide bonds. The molecule has 0 aromatic heterocycles. The average molecular weight is 202 g/mol. The first-order valence-corrected chi connectivity index (χ1v) is 3.52. The van der Waals surface area contributed by atoms with Crippen LogP contribution in [0.2, 0.25) is 0 Å². The van der Waals surface area contributed by atoms with Gasteiger partial charge in [0.2, 0.25) is 5.91 Å². The van der Waals surface area contributed by atoms with Gasteiger partial charge in [0, 0.05) is 12.2 Å². The van der Waals surface area contributed by atoms with E-state index >= 15 is 0 Å². The largest absolute Gasteiger partial charge is 0.479 e. The zero-order valence-corrected chi connectivity index (χ0v) is 7.39. The SMILES string of the molecule is COC(=O)/C=C/C(=O)NC(N)C(=O)O. The van der Waals surface area contributed by atoms with Gasteiger partial charge in [-0.1, -0.05) is 0 Å². The Labute approximate surface area is 79.5 Å². The summed E-state index contributed by atoms with van der Waals surface area (Å²) < 4.78 is 4.20. The van der Waals surface area contributed by atoms with Crippen LogP contribution >= 0.6 is 0 Å². The van der Waals surface area contributed by atoms with Crippen LogP contribution in [0.1, 0.15) is 0 Å². The topological polar surface area (TPSA) is 119 Å². The molecule has 78 valence electrons. The minimum absolute atomic E-state index is 0.718. The van der Waals surface area contributed by atoms with Gasteiger partial charge in [0.15, 0.2) is 6.17 Å². The molecule has 0 aromatic rings. The summed E-state index contributed by atoms with van der Waals surface area (Å²) in [7, 11) is 1.15. The molecule has 0 aliphatic heterocycles. The van der Waals surface area contributed by atoms with Gasteiger partial charge in [-0.2, -0.15) is 0 Å². The Bertz CT molecular complexity index is 273. The van der Waals surface area contributed by atoms with Crippen LogP contribution in [0.15, 0.2) is 12.2 Å². The van der Waals surface area contributed by atoms with Crippen LogP contribution in [0.4, 0.5) is 0 Å². The Morgan fingerprint density at radius 2 is 2.00 bits per heavy atom. The lowest BCUT2D eigenvalue weighted by Crippen LogP contribution is -2.46. The van der Waals surface area contributed by atoms with E-state index < -0.39 is 24.0 Å². The molecule has 14 heavy (non-hydrogen) atoms. The van der Waals surface area contributed by atoms with Crippen molar-refractivity contribution in [2.45, 2.75) is 6.17 Å². The van der Waals surface area contributed by atoms with E-state index in [2.05, 4.69) is 4.74 Å². The molecule has 7 nitrogen and oxygen atoms in total. The summed E-state index contributed by atoms with van der Waals surface area (Å²) in [5.41, 5.74) is 4.97. The number of amides is 1. The van der Waals surface area contributed by atoms with Crippen LogP contribution in [-0.2, 0) is 19.1 Å². The van der Waals surface area contributed by atoms with Gasteiger partial charge in [-0.05, 0) is 0 Å². The third kappa shape index (κ3) is 4.88. The molecule has 1 unspecified atom stereocenters. The normalized spacial score (nSPS) is 12.1. The Kier molecular flexibility index (Phi) is 4.93. The first kappa shape index (κ1) is 12.1. The third-order valence-electron chi connectivity index (χ3n) is 1.14. The average Bonchev–Trinajstić information content (AvgIpc) is 2.13. The number of carbonyl (C=O) groups excluding carboxylic acids is 2. The second-order valence-electron chi connectivity index (χ2n) is 2.18. The van der Waals surface area contributed by atoms with E-state index in [0.717, 1.165) is 19.3 Å². The van der Waals surface area contributed by atoms with Crippen LogP contribution in [0.25, 0.3) is 0 Å². The monoisotopic (exact) mass is 202 g/mol. The van der Waals surface area contributed by atoms with E-state index in [1.807, 2.05) is 5.32 Å². The summed E-state index contributed by atoms with van der Waals surface area (Å²) in [5.74, 6) is -2.88. The van der Waals surface area contributed by atoms with Crippen molar-refractivity contribution in [3.8, 4) is 0 Å². The van der Waals surface area contributed by atoms with Gasteiger partial charge in [0.25, 0.3) is 0 Å². The summed E-state index contributed by atoms with van der Waals surface area (Å²) in [6.45, 7) is 0. The Balaban J connectivity index is 4.05. The highest BCUT2D eigenvalue weighted by atomic mass is 16.5. The van der Waals surface area contributed by atoms with Gasteiger partial charge in [-0.3, -0.25) is 4.79 Å². The van der Waals surface area contributed by atoms with E-state index in [1.165, 1.54) is 0 Å². The molecule has 0 fully saturated rings. The highest BCUT2D eigenvalue weighted by Gasteiger charge is 2.12. The fraction of sp³-hybridized carbons (Fsp3) is 0.286. The van der Waals surface area contributed by atoms with E-state index in [9.17, 15) is 14.4 Å². The van der Waals surface area contributed by atoms with Gasteiger partial charge < -0.3 is 20.9 Å². The summed E-state index contributed by atoms with van der Waals surface area (Å²) >= 11 is 0. The summed E-state index contributed by atoms with van der Waals surface area (Å²) in [6, 6.07) is 0. The zero-order chi connectivity index (χ0) is 11.1. The predicted molar refractivity (Wildman–Crippen MR) is 44.9 cm³/mol. The first-order valence-electron chi connectivity index (χ1n) is 3.52. The number of hydrogen-bond acceptors (Lipinski definition) is 5. The zero-order valence-electron chi connectivity index (χ0n) is 7.39. The fourth-order valence-electron chi connectivity index (χ4n) is 0.475. The smallest absolute Gasteiger partial charge is 0.341 e. The van der Waals surface area contributed by atoms with Crippen LogP contribution in [0.5, 0.6) is 0 Å². The molecule has 0 heterocycles. The highest BCUT2D eigenvalue weighted by molar-refractivity contribution is 5.96. The first-order chi connectivity index (χ1) is 6.47. The molecule has 0 saturated heterocycles. The van der Waals surface area contributed by atoms with E-state index in [0.29, 0.717) is 0 Å². The van der Waals surface area contributed by atoms with Crippen molar-refractivity contribution < 1.29 is 24.2 Å². The van der Waals surface area contributed by atoms with Gasteiger partial charge in [0.1, 0.15) is 0 Å². The standard InChI is InChI=1S/C7H10N2O5/c1-14-5(11)3-2-4(10)9-6(8)7(12)13/h2-3,6H,8H2,1H3,(H,9,10)(H,12,13)/b3-2+. The second kappa shape index (κ2) is 5.70. The molecule has 0 bridgehead atoms. The Hall–Kier alpha value is -1.89. The maximum Gasteiger partial charge on any atom is 0.341 e. The molecule has 0 saturated carbocycles. The second-order valence-corrected chi connectivity index (χ2v) is 2.18.